The fraction of sp³-hybridized carbons (Fsp3) is 0.286. The number of hydrogen-bond donors (Lipinski definition) is 1. The molecular weight excluding hydrogens is 245 g/mol. The molecule has 2 aromatic rings. The fourth-order valence-electron chi connectivity index (χ4n) is 0.984. The Hall–Kier alpha value is -1.48. The van der Waals surface area contributed by atoms with Crippen molar-refractivity contribution in [3.8, 4) is 0 Å². The van der Waals surface area contributed by atoms with E-state index in [0.717, 1.165) is 0 Å². The third kappa shape index (κ3) is 2.04. The van der Waals surface area contributed by atoms with Crippen molar-refractivity contribution in [1.29, 1.82) is 0 Å². The second-order valence-electron chi connectivity index (χ2n) is 2.85. The standard InChI is InChI=1S/C7H5F3N4OS/c8-7(9,10)6-13-5(14-15-6)4(11)3-1-16-2-12-3/h1-2,4H,11H2. The summed E-state index contributed by atoms with van der Waals surface area (Å²) in [4.78, 5) is 7.03. The zero-order chi connectivity index (χ0) is 11.8. The van der Waals surface area contributed by atoms with Gasteiger partial charge in [-0.2, -0.15) is 18.2 Å². The lowest BCUT2D eigenvalue weighted by Crippen LogP contribution is -2.14. The van der Waals surface area contributed by atoms with Gasteiger partial charge in [0.2, 0.25) is 0 Å². The third-order valence-corrected chi connectivity index (χ3v) is 2.34. The van der Waals surface area contributed by atoms with Gasteiger partial charge in [0, 0.05) is 5.38 Å². The van der Waals surface area contributed by atoms with Crippen molar-refractivity contribution >= 4 is 11.3 Å². The van der Waals surface area contributed by atoms with E-state index >= 15 is 0 Å². The quantitative estimate of drug-likeness (QED) is 0.875. The predicted octanol–water partition coefficient (Wildman–Crippen LogP) is 1.59. The summed E-state index contributed by atoms with van der Waals surface area (Å²) in [5.41, 5.74) is 7.53. The van der Waals surface area contributed by atoms with Gasteiger partial charge in [-0.05, 0) is 0 Å². The van der Waals surface area contributed by atoms with Gasteiger partial charge in [0.25, 0.3) is 0 Å². The van der Waals surface area contributed by atoms with Gasteiger partial charge in [-0.25, -0.2) is 4.98 Å². The van der Waals surface area contributed by atoms with Crippen molar-refractivity contribution in [3.05, 3.63) is 28.3 Å². The number of nitrogens with zero attached hydrogens (tertiary/aromatic N) is 3. The molecule has 2 N–H and O–H groups in total. The van der Waals surface area contributed by atoms with Crippen molar-refractivity contribution in [3.63, 3.8) is 0 Å². The van der Waals surface area contributed by atoms with E-state index in [1.165, 1.54) is 16.8 Å². The summed E-state index contributed by atoms with van der Waals surface area (Å²) in [5.74, 6) is -1.65. The maximum absolute atomic E-state index is 12.2. The molecule has 0 bridgehead atoms. The molecule has 0 saturated carbocycles. The van der Waals surface area contributed by atoms with E-state index in [4.69, 9.17) is 5.73 Å². The first kappa shape index (κ1) is 11.0. The number of thiazole rings is 1. The van der Waals surface area contributed by atoms with Crippen LogP contribution in [0.2, 0.25) is 0 Å². The molecular formula is C7H5F3N4OS. The monoisotopic (exact) mass is 250 g/mol. The van der Waals surface area contributed by atoms with Crippen LogP contribution in [0.5, 0.6) is 0 Å². The molecule has 1 unspecified atom stereocenters. The highest BCUT2D eigenvalue weighted by atomic mass is 32.1. The normalized spacial score (nSPS) is 14.0. The first-order valence-corrected chi connectivity index (χ1v) is 4.97. The lowest BCUT2D eigenvalue weighted by molar-refractivity contribution is -0.159. The van der Waals surface area contributed by atoms with Crippen LogP contribution in [0.15, 0.2) is 15.4 Å². The lowest BCUT2D eigenvalue weighted by Gasteiger charge is -2.01. The summed E-state index contributed by atoms with van der Waals surface area (Å²) in [5, 5.41) is 4.78. The Labute approximate surface area is 91.1 Å². The number of rotatable bonds is 2. The van der Waals surface area contributed by atoms with E-state index in [2.05, 4.69) is 19.6 Å². The molecule has 0 aromatic carbocycles. The first-order valence-electron chi connectivity index (χ1n) is 4.03. The van der Waals surface area contributed by atoms with Crippen LogP contribution in [0.4, 0.5) is 13.2 Å². The van der Waals surface area contributed by atoms with Gasteiger partial charge < -0.3 is 10.3 Å². The van der Waals surface area contributed by atoms with Crippen LogP contribution in [-0.4, -0.2) is 15.1 Å². The highest BCUT2D eigenvalue weighted by Gasteiger charge is 2.39. The smallest absolute Gasteiger partial charge is 0.329 e. The van der Waals surface area contributed by atoms with Gasteiger partial charge >= 0.3 is 12.1 Å². The van der Waals surface area contributed by atoms with E-state index in [9.17, 15) is 13.2 Å². The van der Waals surface area contributed by atoms with Crippen molar-refractivity contribution in [2.45, 2.75) is 12.2 Å². The summed E-state index contributed by atoms with van der Waals surface area (Å²) in [6.07, 6.45) is -4.66. The second kappa shape index (κ2) is 3.83. The van der Waals surface area contributed by atoms with Crippen LogP contribution in [0.3, 0.4) is 0 Å². The van der Waals surface area contributed by atoms with E-state index in [1.807, 2.05) is 0 Å². The molecule has 86 valence electrons. The van der Waals surface area contributed by atoms with Crippen LogP contribution in [-0.2, 0) is 6.18 Å². The molecule has 0 radical (unpaired) electrons. The Morgan fingerprint density at radius 2 is 2.19 bits per heavy atom. The molecule has 9 heteroatoms. The van der Waals surface area contributed by atoms with Gasteiger partial charge in [-0.3, -0.25) is 0 Å². The maximum atomic E-state index is 12.2. The van der Waals surface area contributed by atoms with Crippen molar-refractivity contribution in [1.82, 2.24) is 15.1 Å². The molecule has 16 heavy (non-hydrogen) atoms. The van der Waals surface area contributed by atoms with Crippen molar-refractivity contribution in [2.24, 2.45) is 5.73 Å². The molecule has 0 spiro atoms. The van der Waals surface area contributed by atoms with Crippen LogP contribution in [0.25, 0.3) is 0 Å². The topological polar surface area (TPSA) is 77.8 Å². The molecule has 0 aliphatic rings. The molecule has 0 fully saturated rings. The summed E-state index contributed by atoms with van der Waals surface area (Å²) in [6.45, 7) is 0. The zero-order valence-corrected chi connectivity index (χ0v) is 8.42. The van der Waals surface area contributed by atoms with Gasteiger partial charge in [0.15, 0.2) is 5.82 Å². The molecule has 0 aliphatic heterocycles. The highest BCUT2D eigenvalue weighted by molar-refractivity contribution is 7.07. The molecule has 0 saturated heterocycles. The largest absolute Gasteiger partial charge is 0.471 e. The van der Waals surface area contributed by atoms with E-state index in [1.54, 1.807) is 5.38 Å². The second-order valence-corrected chi connectivity index (χ2v) is 3.57. The average Bonchev–Trinajstić information content (AvgIpc) is 2.87. The number of halogens is 3. The first-order chi connectivity index (χ1) is 7.48. The van der Waals surface area contributed by atoms with Crippen molar-refractivity contribution in [2.75, 3.05) is 0 Å². The molecule has 2 rings (SSSR count). The Morgan fingerprint density at radius 3 is 2.69 bits per heavy atom. The number of aromatic nitrogens is 3. The van der Waals surface area contributed by atoms with Gasteiger partial charge in [0.05, 0.1) is 11.2 Å². The van der Waals surface area contributed by atoms with E-state index in [-0.39, 0.29) is 5.82 Å². The summed E-state index contributed by atoms with van der Waals surface area (Å²) < 4.78 is 40.5. The van der Waals surface area contributed by atoms with Crippen LogP contribution in [0, 0.1) is 0 Å². The third-order valence-electron chi connectivity index (χ3n) is 1.73. The van der Waals surface area contributed by atoms with Crippen LogP contribution in [0.1, 0.15) is 23.5 Å². The summed E-state index contributed by atoms with van der Waals surface area (Å²) >= 11 is 1.28. The minimum atomic E-state index is -4.66. The van der Waals surface area contributed by atoms with E-state index < -0.39 is 18.1 Å². The molecule has 2 heterocycles. The Morgan fingerprint density at radius 1 is 1.44 bits per heavy atom. The Balaban J connectivity index is 2.26. The lowest BCUT2D eigenvalue weighted by atomic mass is 10.2. The number of alkyl halides is 3. The Bertz CT molecular complexity index is 466. The minimum Gasteiger partial charge on any atom is -0.329 e. The SMILES string of the molecule is NC(c1cscn1)c1noc(C(F)(F)F)n1. The molecule has 0 amide bonds. The zero-order valence-electron chi connectivity index (χ0n) is 7.60. The minimum absolute atomic E-state index is 0.238. The summed E-state index contributed by atoms with van der Waals surface area (Å²) in [7, 11) is 0. The van der Waals surface area contributed by atoms with Crippen molar-refractivity contribution < 1.29 is 17.7 Å². The molecule has 2 aromatic heterocycles. The Kier molecular flexibility index (Phi) is 2.64. The summed E-state index contributed by atoms with van der Waals surface area (Å²) in [6, 6.07) is -0.911. The molecule has 1 atom stereocenters. The van der Waals surface area contributed by atoms with Crippen LogP contribution < -0.4 is 5.73 Å². The fourth-order valence-corrected chi connectivity index (χ4v) is 1.57. The number of nitrogens with two attached hydrogens (primary N) is 1. The average molecular weight is 250 g/mol. The molecule has 0 aliphatic carbocycles. The maximum Gasteiger partial charge on any atom is 0.471 e. The van der Waals surface area contributed by atoms with Gasteiger partial charge in [-0.15, -0.1) is 11.3 Å². The van der Waals surface area contributed by atoms with Crippen LogP contribution >= 0.6 is 11.3 Å². The van der Waals surface area contributed by atoms with E-state index in [0.29, 0.717) is 5.69 Å². The predicted molar refractivity (Wildman–Crippen MR) is 47.4 cm³/mol. The molecule has 5 nitrogen and oxygen atoms in total. The number of hydrogen-bond acceptors (Lipinski definition) is 6. The van der Waals surface area contributed by atoms with Gasteiger partial charge in [0.1, 0.15) is 6.04 Å². The highest BCUT2D eigenvalue weighted by Crippen LogP contribution is 2.28. The van der Waals surface area contributed by atoms with Gasteiger partial charge in [-0.1, -0.05) is 5.16 Å².